The first-order valence-corrected chi connectivity index (χ1v) is 14.2. The lowest BCUT2D eigenvalue weighted by Gasteiger charge is -2.68. The number of hydrogen-bond donors (Lipinski definition) is 0. The molecule has 1 aliphatic carbocycles. The largest absolute Gasteiger partial charge is 0.375 e. The fraction of sp³-hybridized carbons (Fsp3) is 0.806. The summed E-state index contributed by atoms with van der Waals surface area (Å²) >= 11 is 0. The average molecular weight is 485 g/mol. The fourth-order valence-corrected chi connectivity index (χ4v) is 7.92. The molecule has 198 valence electrons. The molecule has 35 heavy (non-hydrogen) atoms. The molecule has 0 radical (unpaired) electrons. The van der Waals surface area contributed by atoms with Gasteiger partial charge < -0.3 is 9.47 Å². The lowest BCUT2D eigenvalue weighted by molar-refractivity contribution is -0.297. The van der Waals surface area contributed by atoms with Crippen LogP contribution in [0.2, 0.25) is 0 Å². The van der Waals surface area contributed by atoms with Crippen LogP contribution in [0.15, 0.2) is 30.3 Å². The lowest BCUT2D eigenvalue weighted by Crippen LogP contribution is -2.77. The van der Waals surface area contributed by atoms with Crippen LogP contribution >= 0.6 is 0 Å². The highest BCUT2D eigenvalue weighted by Gasteiger charge is 2.57. The summed E-state index contributed by atoms with van der Waals surface area (Å²) in [5, 5.41) is 5.51. The number of nitrogens with zero attached hydrogens (tertiary/aromatic N) is 2. The Balaban J connectivity index is 1.50. The second-order valence-corrected chi connectivity index (χ2v) is 14.1. The predicted octanol–water partition coefficient (Wildman–Crippen LogP) is 7.51. The summed E-state index contributed by atoms with van der Waals surface area (Å²) < 4.78 is 13.3. The van der Waals surface area contributed by atoms with Crippen molar-refractivity contribution in [3.05, 3.63) is 35.9 Å². The first kappa shape index (κ1) is 27.1. The highest BCUT2D eigenvalue weighted by Crippen LogP contribution is 2.50. The van der Waals surface area contributed by atoms with E-state index in [4.69, 9.17) is 9.47 Å². The number of hydrazine groups is 1. The standard InChI is InChI=1S/C31H52N2O2/c1-28(2)19-26(34-23-24-15-11-9-12-16-24)20-29(3,4)32(28)33-30(5,6)21-27(22-31(33,7)8)35-25-17-13-10-14-18-25/h9,11-12,15-16,25-27H,10,13-14,17-23H2,1-8H3. The second-order valence-electron chi connectivity index (χ2n) is 14.1. The minimum Gasteiger partial charge on any atom is -0.375 e. The van der Waals surface area contributed by atoms with E-state index in [0.717, 1.165) is 25.7 Å². The summed E-state index contributed by atoms with van der Waals surface area (Å²) in [6, 6.07) is 10.6. The zero-order chi connectivity index (χ0) is 25.5. The quantitative estimate of drug-likeness (QED) is 0.417. The number of piperidine rings is 2. The van der Waals surface area contributed by atoms with Gasteiger partial charge in [-0.1, -0.05) is 49.6 Å². The molecule has 0 aromatic heterocycles. The highest BCUT2D eigenvalue weighted by atomic mass is 16.5. The van der Waals surface area contributed by atoms with Gasteiger partial charge >= 0.3 is 0 Å². The van der Waals surface area contributed by atoms with Crippen molar-refractivity contribution in [2.45, 2.75) is 160 Å². The zero-order valence-electron chi connectivity index (χ0n) is 23.9. The fourth-order valence-electron chi connectivity index (χ4n) is 7.92. The van der Waals surface area contributed by atoms with Crippen LogP contribution in [0.1, 0.15) is 119 Å². The minimum absolute atomic E-state index is 0.00525. The van der Waals surface area contributed by atoms with Crippen LogP contribution in [0.4, 0.5) is 0 Å². The molecule has 0 spiro atoms. The van der Waals surface area contributed by atoms with E-state index in [1.54, 1.807) is 0 Å². The SMILES string of the molecule is CC1(C)CC(OCc2ccccc2)CC(C)(C)N1N1C(C)(C)CC(OC2CCCCC2)CC1(C)C. The van der Waals surface area contributed by atoms with E-state index in [9.17, 15) is 0 Å². The Morgan fingerprint density at radius 1 is 0.629 bits per heavy atom. The number of ether oxygens (including phenoxy) is 2. The van der Waals surface area contributed by atoms with Gasteiger partial charge in [-0.3, -0.25) is 0 Å². The average Bonchev–Trinajstić information content (AvgIpc) is 2.74. The molecule has 0 amide bonds. The Hall–Kier alpha value is -0.940. The lowest BCUT2D eigenvalue weighted by atomic mass is 9.75. The number of hydrogen-bond acceptors (Lipinski definition) is 4. The molecular weight excluding hydrogens is 432 g/mol. The molecule has 3 aliphatic rings. The van der Waals surface area contributed by atoms with Crippen LogP contribution in [0.25, 0.3) is 0 Å². The second kappa shape index (κ2) is 10.1. The monoisotopic (exact) mass is 484 g/mol. The van der Waals surface area contributed by atoms with E-state index >= 15 is 0 Å². The van der Waals surface area contributed by atoms with Gasteiger partial charge in [-0.15, -0.1) is 0 Å². The molecule has 0 atom stereocenters. The van der Waals surface area contributed by atoms with Crippen molar-refractivity contribution >= 4 is 0 Å². The predicted molar refractivity (Wildman–Crippen MR) is 145 cm³/mol. The van der Waals surface area contributed by atoms with Crippen molar-refractivity contribution in [3.8, 4) is 0 Å². The normalized spacial score (nSPS) is 28.2. The highest BCUT2D eigenvalue weighted by molar-refractivity contribution is 5.14. The summed E-state index contributed by atoms with van der Waals surface area (Å²) in [5.74, 6) is 0. The van der Waals surface area contributed by atoms with Gasteiger partial charge in [-0.25, -0.2) is 10.0 Å². The van der Waals surface area contributed by atoms with Crippen molar-refractivity contribution in [2.24, 2.45) is 0 Å². The molecule has 2 heterocycles. The number of rotatable bonds is 6. The van der Waals surface area contributed by atoms with Gasteiger partial charge in [0.15, 0.2) is 0 Å². The third-order valence-electron chi connectivity index (χ3n) is 8.67. The van der Waals surface area contributed by atoms with Crippen LogP contribution in [-0.4, -0.2) is 50.5 Å². The molecule has 1 saturated carbocycles. The summed E-state index contributed by atoms with van der Waals surface area (Å²) in [7, 11) is 0. The maximum atomic E-state index is 6.77. The first-order chi connectivity index (χ1) is 16.3. The first-order valence-electron chi connectivity index (χ1n) is 14.2. The van der Waals surface area contributed by atoms with Gasteiger partial charge in [0.25, 0.3) is 0 Å². The van der Waals surface area contributed by atoms with Gasteiger partial charge in [0.05, 0.1) is 24.9 Å². The Labute approximate surface area is 215 Å². The minimum atomic E-state index is -0.00525. The molecule has 2 saturated heterocycles. The smallest absolute Gasteiger partial charge is 0.0720 e. The molecular formula is C31H52N2O2. The van der Waals surface area contributed by atoms with Crippen molar-refractivity contribution < 1.29 is 9.47 Å². The molecule has 0 N–H and O–H groups in total. The van der Waals surface area contributed by atoms with E-state index in [1.807, 2.05) is 0 Å². The van der Waals surface area contributed by atoms with Gasteiger partial charge in [-0.2, -0.15) is 0 Å². The van der Waals surface area contributed by atoms with Gasteiger partial charge in [0.2, 0.25) is 0 Å². The topological polar surface area (TPSA) is 24.9 Å². The Bertz CT molecular complexity index is 790. The van der Waals surface area contributed by atoms with E-state index in [2.05, 4.69) is 95.7 Å². The molecule has 2 aliphatic heterocycles. The summed E-state index contributed by atoms with van der Waals surface area (Å²) in [4.78, 5) is 0. The van der Waals surface area contributed by atoms with E-state index < -0.39 is 0 Å². The van der Waals surface area contributed by atoms with Crippen LogP contribution in [-0.2, 0) is 16.1 Å². The Kier molecular flexibility index (Phi) is 7.81. The maximum absolute atomic E-state index is 6.77. The van der Waals surface area contributed by atoms with Crippen molar-refractivity contribution in [1.29, 1.82) is 0 Å². The van der Waals surface area contributed by atoms with E-state index in [-0.39, 0.29) is 28.3 Å². The van der Waals surface area contributed by atoms with Crippen LogP contribution in [0, 0.1) is 0 Å². The molecule has 0 bridgehead atoms. The molecule has 1 aromatic carbocycles. The summed E-state index contributed by atoms with van der Waals surface area (Å²) in [6.45, 7) is 20.1. The van der Waals surface area contributed by atoms with Crippen LogP contribution in [0.5, 0.6) is 0 Å². The summed E-state index contributed by atoms with van der Waals surface area (Å²) in [5.41, 5.74) is 1.29. The van der Waals surface area contributed by atoms with E-state index in [1.165, 1.54) is 37.7 Å². The van der Waals surface area contributed by atoms with Crippen LogP contribution < -0.4 is 0 Å². The van der Waals surface area contributed by atoms with Crippen molar-refractivity contribution in [2.75, 3.05) is 0 Å². The van der Waals surface area contributed by atoms with Gasteiger partial charge in [0.1, 0.15) is 0 Å². The molecule has 4 nitrogen and oxygen atoms in total. The Morgan fingerprint density at radius 2 is 1.09 bits per heavy atom. The maximum Gasteiger partial charge on any atom is 0.0720 e. The third kappa shape index (κ3) is 6.14. The summed E-state index contributed by atoms with van der Waals surface area (Å²) in [6.07, 6.45) is 11.9. The zero-order valence-corrected chi connectivity index (χ0v) is 23.9. The molecule has 0 unspecified atom stereocenters. The third-order valence-corrected chi connectivity index (χ3v) is 8.67. The van der Waals surface area contributed by atoms with Gasteiger partial charge in [0, 0.05) is 22.2 Å². The molecule has 3 fully saturated rings. The van der Waals surface area contributed by atoms with Crippen molar-refractivity contribution in [3.63, 3.8) is 0 Å². The molecule has 4 heteroatoms. The molecule has 4 rings (SSSR count). The Morgan fingerprint density at radius 3 is 1.57 bits per heavy atom. The van der Waals surface area contributed by atoms with E-state index in [0.29, 0.717) is 18.8 Å². The molecule has 1 aromatic rings. The van der Waals surface area contributed by atoms with Crippen LogP contribution in [0.3, 0.4) is 0 Å². The van der Waals surface area contributed by atoms with Crippen molar-refractivity contribution in [1.82, 2.24) is 10.0 Å². The number of benzene rings is 1. The van der Waals surface area contributed by atoms with Gasteiger partial charge in [-0.05, 0) is 99.5 Å².